The van der Waals surface area contributed by atoms with Crippen molar-refractivity contribution in [1.29, 1.82) is 0 Å². The molecular formula is C19H26BrClN2O2. The third kappa shape index (κ3) is 3.75. The van der Waals surface area contributed by atoms with Crippen LogP contribution in [0.3, 0.4) is 0 Å². The number of piperidine rings is 1. The first-order chi connectivity index (χ1) is 11.6. The number of halogens is 2. The molecule has 1 spiro atoms. The lowest BCUT2D eigenvalue weighted by Crippen LogP contribution is -2.50. The van der Waals surface area contributed by atoms with Gasteiger partial charge in [-0.2, -0.15) is 0 Å². The summed E-state index contributed by atoms with van der Waals surface area (Å²) in [5.41, 5.74) is 1.20. The highest BCUT2D eigenvalue weighted by atomic mass is 79.9. The maximum Gasteiger partial charge on any atom is 0.224 e. The molecule has 4 nitrogen and oxygen atoms in total. The Balaban J connectivity index is 0.00000182. The molecule has 1 aromatic rings. The largest absolute Gasteiger partial charge is 0.381 e. The van der Waals surface area contributed by atoms with Crippen LogP contribution in [0.2, 0.25) is 0 Å². The van der Waals surface area contributed by atoms with Crippen LogP contribution in [-0.4, -0.2) is 32.2 Å². The van der Waals surface area contributed by atoms with Gasteiger partial charge in [0.2, 0.25) is 5.91 Å². The highest BCUT2D eigenvalue weighted by molar-refractivity contribution is 9.10. The second-order valence-electron chi connectivity index (χ2n) is 7.56. The van der Waals surface area contributed by atoms with E-state index in [0.29, 0.717) is 13.2 Å². The summed E-state index contributed by atoms with van der Waals surface area (Å²) in [6.45, 7) is 3.51. The molecule has 0 radical (unpaired) electrons. The van der Waals surface area contributed by atoms with Gasteiger partial charge < -0.3 is 15.4 Å². The molecule has 1 unspecified atom stereocenters. The Hall–Kier alpha value is -0.620. The second-order valence-corrected chi connectivity index (χ2v) is 8.48. The molecule has 0 aromatic heterocycles. The van der Waals surface area contributed by atoms with Crippen LogP contribution in [0.4, 0.5) is 0 Å². The van der Waals surface area contributed by atoms with E-state index in [9.17, 15) is 4.79 Å². The van der Waals surface area contributed by atoms with Crippen molar-refractivity contribution in [1.82, 2.24) is 10.6 Å². The third-order valence-electron chi connectivity index (χ3n) is 6.21. The fourth-order valence-electron chi connectivity index (χ4n) is 4.49. The Morgan fingerprint density at radius 3 is 2.40 bits per heavy atom. The summed E-state index contributed by atoms with van der Waals surface area (Å²) < 4.78 is 6.63. The zero-order valence-corrected chi connectivity index (χ0v) is 16.8. The van der Waals surface area contributed by atoms with Gasteiger partial charge in [-0.1, -0.05) is 28.1 Å². The van der Waals surface area contributed by atoms with Crippen molar-refractivity contribution in [3.05, 3.63) is 34.3 Å². The Morgan fingerprint density at radius 2 is 1.76 bits per heavy atom. The summed E-state index contributed by atoms with van der Waals surface area (Å²) >= 11 is 3.50. The number of rotatable bonds is 3. The molecule has 0 bridgehead atoms. The fourth-order valence-corrected chi connectivity index (χ4v) is 4.76. The number of nitrogens with one attached hydrogen (secondary N) is 2. The average Bonchev–Trinajstić information content (AvgIpc) is 3.30. The van der Waals surface area contributed by atoms with Crippen LogP contribution >= 0.6 is 28.3 Å². The van der Waals surface area contributed by atoms with E-state index < -0.39 is 0 Å². The van der Waals surface area contributed by atoms with Gasteiger partial charge in [0.15, 0.2) is 0 Å². The number of hydrogen-bond acceptors (Lipinski definition) is 3. The minimum Gasteiger partial charge on any atom is -0.381 e. The van der Waals surface area contributed by atoms with Crippen molar-refractivity contribution >= 4 is 34.2 Å². The average molecular weight is 430 g/mol. The van der Waals surface area contributed by atoms with Gasteiger partial charge in [0.25, 0.3) is 0 Å². The molecule has 25 heavy (non-hydrogen) atoms. The van der Waals surface area contributed by atoms with Gasteiger partial charge in [0.05, 0.1) is 5.54 Å². The summed E-state index contributed by atoms with van der Waals surface area (Å²) in [4.78, 5) is 13.0. The van der Waals surface area contributed by atoms with E-state index in [1.54, 1.807) is 0 Å². The number of benzene rings is 1. The zero-order valence-electron chi connectivity index (χ0n) is 14.4. The SMILES string of the molecule is Cl.O=C(NC1(c2ccc(Br)cc2)CCOCC1)C1CC12CCNCC2. The number of carbonyl (C=O) groups excluding carboxylic acids is 1. The molecule has 4 rings (SSSR count). The third-order valence-corrected chi connectivity index (χ3v) is 6.74. The van der Waals surface area contributed by atoms with Crippen molar-refractivity contribution < 1.29 is 9.53 Å². The molecule has 138 valence electrons. The number of amides is 1. The van der Waals surface area contributed by atoms with E-state index in [1.807, 2.05) is 0 Å². The van der Waals surface area contributed by atoms with Crippen LogP contribution < -0.4 is 10.6 Å². The van der Waals surface area contributed by atoms with E-state index >= 15 is 0 Å². The van der Waals surface area contributed by atoms with Crippen LogP contribution in [0.25, 0.3) is 0 Å². The molecule has 2 saturated heterocycles. The standard InChI is InChI=1S/C19H25BrN2O2.ClH/c20-15-3-1-14(2-4-15)19(7-11-24-12-8-19)22-17(23)16-13-18(16)5-9-21-10-6-18;/h1-4,16,21H,5-13H2,(H,22,23);1H. The number of hydrogen-bond donors (Lipinski definition) is 2. The lowest BCUT2D eigenvalue weighted by Gasteiger charge is -2.39. The van der Waals surface area contributed by atoms with Crippen LogP contribution in [0.1, 0.15) is 37.7 Å². The quantitative estimate of drug-likeness (QED) is 0.774. The molecule has 3 fully saturated rings. The Morgan fingerprint density at radius 1 is 1.12 bits per heavy atom. The minimum absolute atomic E-state index is 0. The van der Waals surface area contributed by atoms with Gasteiger partial charge in [0, 0.05) is 23.6 Å². The molecule has 1 aliphatic carbocycles. The molecule has 1 saturated carbocycles. The monoisotopic (exact) mass is 428 g/mol. The molecule has 1 amide bonds. The van der Waals surface area contributed by atoms with Crippen LogP contribution in [0.5, 0.6) is 0 Å². The Labute approximate surface area is 164 Å². The van der Waals surface area contributed by atoms with E-state index in [2.05, 4.69) is 50.8 Å². The second kappa shape index (κ2) is 7.55. The summed E-state index contributed by atoms with van der Waals surface area (Å²) in [6.07, 6.45) is 5.04. The first kappa shape index (κ1) is 19.2. The highest BCUT2D eigenvalue weighted by Gasteiger charge is 2.58. The van der Waals surface area contributed by atoms with E-state index in [0.717, 1.165) is 49.7 Å². The first-order valence-electron chi connectivity index (χ1n) is 9.00. The van der Waals surface area contributed by atoms with Gasteiger partial charge in [-0.25, -0.2) is 0 Å². The fraction of sp³-hybridized carbons (Fsp3) is 0.632. The summed E-state index contributed by atoms with van der Waals surface area (Å²) in [5.74, 6) is 0.455. The maximum atomic E-state index is 13.0. The topological polar surface area (TPSA) is 50.4 Å². The molecule has 1 aromatic carbocycles. The predicted molar refractivity (Wildman–Crippen MR) is 104 cm³/mol. The van der Waals surface area contributed by atoms with Crippen molar-refractivity contribution in [3.63, 3.8) is 0 Å². The van der Waals surface area contributed by atoms with Crippen molar-refractivity contribution in [2.75, 3.05) is 26.3 Å². The molecule has 1 atom stereocenters. The van der Waals surface area contributed by atoms with Gasteiger partial charge in [0.1, 0.15) is 0 Å². The molecular weight excluding hydrogens is 404 g/mol. The van der Waals surface area contributed by atoms with Gasteiger partial charge >= 0.3 is 0 Å². The van der Waals surface area contributed by atoms with E-state index in [4.69, 9.17) is 4.74 Å². The smallest absolute Gasteiger partial charge is 0.224 e. The lowest BCUT2D eigenvalue weighted by atomic mass is 9.82. The lowest BCUT2D eigenvalue weighted by molar-refractivity contribution is -0.126. The van der Waals surface area contributed by atoms with E-state index in [-0.39, 0.29) is 35.2 Å². The first-order valence-corrected chi connectivity index (χ1v) is 9.80. The van der Waals surface area contributed by atoms with Crippen molar-refractivity contribution in [2.24, 2.45) is 11.3 Å². The zero-order chi connectivity index (χ0) is 16.6. The predicted octanol–water partition coefficient (Wildman–Crippen LogP) is 3.38. The molecule has 6 heteroatoms. The minimum atomic E-state index is -0.271. The molecule has 2 heterocycles. The maximum absolute atomic E-state index is 13.0. The van der Waals surface area contributed by atoms with Crippen LogP contribution in [-0.2, 0) is 15.1 Å². The summed E-state index contributed by atoms with van der Waals surface area (Å²) in [6, 6.07) is 8.38. The van der Waals surface area contributed by atoms with Crippen LogP contribution in [0, 0.1) is 11.3 Å². The molecule has 2 aliphatic heterocycles. The Kier molecular flexibility index (Phi) is 5.78. The van der Waals surface area contributed by atoms with Crippen molar-refractivity contribution in [2.45, 2.75) is 37.6 Å². The molecule has 3 aliphatic rings. The van der Waals surface area contributed by atoms with E-state index in [1.165, 1.54) is 5.56 Å². The van der Waals surface area contributed by atoms with Crippen LogP contribution in [0.15, 0.2) is 28.7 Å². The Bertz CT molecular complexity index is 610. The van der Waals surface area contributed by atoms with Gasteiger partial charge in [-0.3, -0.25) is 4.79 Å². The van der Waals surface area contributed by atoms with Gasteiger partial charge in [-0.05, 0) is 68.3 Å². The van der Waals surface area contributed by atoms with Crippen molar-refractivity contribution in [3.8, 4) is 0 Å². The normalized spacial score (nSPS) is 26.5. The highest BCUT2D eigenvalue weighted by Crippen LogP contribution is 2.58. The number of carbonyl (C=O) groups is 1. The summed E-state index contributed by atoms with van der Waals surface area (Å²) in [7, 11) is 0. The summed E-state index contributed by atoms with van der Waals surface area (Å²) in [5, 5.41) is 6.85. The molecule has 2 N–H and O–H groups in total. The van der Waals surface area contributed by atoms with Gasteiger partial charge in [-0.15, -0.1) is 12.4 Å². The number of ether oxygens (including phenoxy) is 1.